The molecule has 0 saturated heterocycles. The second kappa shape index (κ2) is 9.80. The maximum Gasteiger partial charge on any atom is 0.341 e. The van der Waals surface area contributed by atoms with Gasteiger partial charge in [-0.15, -0.1) is 11.3 Å². The summed E-state index contributed by atoms with van der Waals surface area (Å²) in [5.74, 6) is -0.839. The van der Waals surface area contributed by atoms with Gasteiger partial charge in [-0.1, -0.05) is 67.7 Å². The molecule has 174 valence electrons. The van der Waals surface area contributed by atoms with E-state index in [1.165, 1.54) is 18.4 Å². The number of ether oxygens (including phenoxy) is 1. The van der Waals surface area contributed by atoms with E-state index in [1.54, 1.807) is 12.1 Å². The number of halogens is 3. The standard InChI is InChI=1S/C23H27Cl3N2O3S/c1-22(2,3)14-11-9-13(10-12-14)18(29)27-21(23(24,25)26)28-19-17(20(30)31-4)15-7-5-6-8-16(15)32-19/h9-12,21,28H,5-8H2,1-4H3,(H,27,29)/t21-/m0/s1. The number of alkyl halides is 3. The molecule has 1 atom stereocenters. The molecule has 0 radical (unpaired) electrons. The summed E-state index contributed by atoms with van der Waals surface area (Å²) in [5, 5.41) is 6.37. The van der Waals surface area contributed by atoms with Gasteiger partial charge in [-0.3, -0.25) is 4.79 Å². The predicted molar refractivity (Wildman–Crippen MR) is 133 cm³/mol. The van der Waals surface area contributed by atoms with Crippen molar-refractivity contribution in [1.29, 1.82) is 0 Å². The van der Waals surface area contributed by atoms with Gasteiger partial charge < -0.3 is 15.4 Å². The van der Waals surface area contributed by atoms with Crippen molar-refractivity contribution >= 4 is 63.0 Å². The van der Waals surface area contributed by atoms with Crippen LogP contribution in [0.1, 0.15) is 70.3 Å². The summed E-state index contributed by atoms with van der Waals surface area (Å²) in [4.78, 5) is 26.5. The van der Waals surface area contributed by atoms with Crippen LogP contribution in [0.25, 0.3) is 0 Å². The number of nitrogens with one attached hydrogen (secondary N) is 2. The monoisotopic (exact) mass is 516 g/mol. The van der Waals surface area contributed by atoms with Crippen molar-refractivity contribution in [2.45, 2.75) is 61.8 Å². The number of methoxy groups -OCH3 is 1. The largest absolute Gasteiger partial charge is 0.465 e. The highest BCUT2D eigenvalue weighted by molar-refractivity contribution is 7.16. The second-order valence-electron chi connectivity index (χ2n) is 8.83. The Bertz CT molecular complexity index is 992. The maximum absolute atomic E-state index is 12.9. The molecule has 1 aromatic heterocycles. The molecule has 5 nitrogen and oxygen atoms in total. The molecule has 1 aliphatic carbocycles. The predicted octanol–water partition coefficient (Wildman–Crippen LogP) is 6.25. The van der Waals surface area contributed by atoms with Gasteiger partial charge in [0.1, 0.15) is 11.2 Å². The Hall–Kier alpha value is -1.47. The molecule has 1 aliphatic rings. The van der Waals surface area contributed by atoms with Crippen LogP contribution in [-0.4, -0.2) is 28.9 Å². The molecule has 2 aromatic rings. The van der Waals surface area contributed by atoms with Crippen LogP contribution in [0.5, 0.6) is 0 Å². The summed E-state index contributed by atoms with van der Waals surface area (Å²) in [6, 6.07) is 7.31. The number of hydrogen-bond donors (Lipinski definition) is 2. The fraction of sp³-hybridized carbons (Fsp3) is 0.478. The van der Waals surface area contributed by atoms with Crippen molar-refractivity contribution < 1.29 is 14.3 Å². The second-order valence-corrected chi connectivity index (χ2v) is 12.3. The topological polar surface area (TPSA) is 67.4 Å². The molecule has 1 amide bonds. The molecule has 0 saturated carbocycles. The molecule has 1 heterocycles. The highest BCUT2D eigenvalue weighted by Gasteiger charge is 2.37. The Morgan fingerprint density at radius 1 is 1.06 bits per heavy atom. The van der Waals surface area contributed by atoms with Gasteiger partial charge in [-0.2, -0.15) is 0 Å². The number of anilines is 1. The average Bonchev–Trinajstić information content (AvgIpc) is 3.09. The molecule has 1 aromatic carbocycles. The van der Waals surface area contributed by atoms with E-state index in [-0.39, 0.29) is 5.41 Å². The van der Waals surface area contributed by atoms with Crippen LogP contribution in [0.2, 0.25) is 0 Å². The van der Waals surface area contributed by atoms with Crippen LogP contribution in [-0.2, 0) is 23.0 Å². The normalized spacial score (nSPS) is 15.0. The number of benzene rings is 1. The van der Waals surface area contributed by atoms with Gasteiger partial charge in [0.25, 0.3) is 5.91 Å². The number of thiophene rings is 1. The molecule has 0 bridgehead atoms. The molecular formula is C23H27Cl3N2O3S. The molecule has 0 aliphatic heterocycles. The van der Waals surface area contributed by atoms with Crippen molar-refractivity contribution in [3.05, 3.63) is 51.4 Å². The van der Waals surface area contributed by atoms with Crippen LogP contribution < -0.4 is 10.6 Å². The molecule has 2 N–H and O–H groups in total. The average molecular weight is 518 g/mol. The van der Waals surface area contributed by atoms with Gasteiger partial charge in [0, 0.05) is 10.4 Å². The fourth-order valence-electron chi connectivity index (χ4n) is 3.65. The van der Waals surface area contributed by atoms with Crippen LogP contribution in [0.3, 0.4) is 0 Å². The van der Waals surface area contributed by atoms with Crippen LogP contribution in [0, 0.1) is 0 Å². The number of rotatable bonds is 5. The third kappa shape index (κ3) is 5.71. The molecule has 32 heavy (non-hydrogen) atoms. The maximum atomic E-state index is 12.9. The zero-order valence-corrected chi connectivity index (χ0v) is 21.6. The van der Waals surface area contributed by atoms with Gasteiger partial charge in [-0.05, 0) is 54.4 Å². The summed E-state index contributed by atoms with van der Waals surface area (Å²) >= 11 is 20.0. The molecule has 0 fully saturated rings. The number of amides is 1. The molecule has 3 rings (SSSR count). The lowest BCUT2D eigenvalue weighted by Crippen LogP contribution is -2.49. The highest BCUT2D eigenvalue weighted by atomic mass is 35.6. The third-order valence-corrected chi connectivity index (χ3v) is 7.33. The van der Waals surface area contributed by atoms with Crippen LogP contribution >= 0.6 is 46.1 Å². The van der Waals surface area contributed by atoms with E-state index in [0.717, 1.165) is 41.7 Å². The highest BCUT2D eigenvalue weighted by Crippen LogP contribution is 2.40. The van der Waals surface area contributed by atoms with E-state index in [0.29, 0.717) is 16.1 Å². The molecule has 0 spiro atoms. The van der Waals surface area contributed by atoms with E-state index in [2.05, 4.69) is 31.4 Å². The van der Waals surface area contributed by atoms with E-state index in [4.69, 9.17) is 39.5 Å². The quantitative estimate of drug-likeness (QED) is 0.279. The Morgan fingerprint density at radius 2 is 1.69 bits per heavy atom. The summed E-state index contributed by atoms with van der Waals surface area (Å²) in [6.45, 7) is 6.30. The minimum atomic E-state index is -1.86. The van der Waals surface area contributed by atoms with Crippen LogP contribution in [0.15, 0.2) is 24.3 Å². The minimum absolute atomic E-state index is 0.0285. The van der Waals surface area contributed by atoms with Gasteiger partial charge in [0.2, 0.25) is 3.79 Å². The van der Waals surface area contributed by atoms with E-state index in [9.17, 15) is 9.59 Å². The SMILES string of the molecule is COC(=O)c1c(N[C@H](NC(=O)c2ccc(C(C)(C)C)cc2)C(Cl)(Cl)Cl)sc2c1CCCC2. The third-order valence-electron chi connectivity index (χ3n) is 5.45. The number of carbonyl (C=O) groups excluding carboxylic acids is 2. The molecule has 0 unspecified atom stereocenters. The van der Waals surface area contributed by atoms with Crippen LogP contribution in [0.4, 0.5) is 5.00 Å². The van der Waals surface area contributed by atoms with Gasteiger partial charge in [0.15, 0.2) is 0 Å². The Morgan fingerprint density at radius 3 is 2.25 bits per heavy atom. The van der Waals surface area contributed by atoms with Gasteiger partial charge in [-0.25, -0.2) is 4.79 Å². The Balaban J connectivity index is 1.86. The fourth-order valence-corrected chi connectivity index (χ4v) is 5.29. The van der Waals surface area contributed by atoms with Crippen molar-refractivity contribution in [1.82, 2.24) is 5.32 Å². The summed E-state index contributed by atoms with van der Waals surface area (Å²) < 4.78 is 3.14. The Kier molecular flexibility index (Phi) is 7.70. The first kappa shape index (κ1) is 25.2. The first-order chi connectivity index (χ1) is 14.9. The van der Waals surface area contributed by atoms with E-state index >= 15 is 0 Å². The lowest BCUT2D eigenvalue weighted by Gasteiger charge is -2.27. The number of esters is 1. The lowest BCUT2D eigenvalue weighted by atomic mass is 9.87. The zero-order valence-electron chi connectivity index (χ0n) is 18.5. The van der Waals surface area contributed by atoms with E-state index in [1.807, 2.05) is 12.1 Å². The zero-order chi connectivity index (χ0) is 23.7. The molecular weight excluding hydrogens is 491 g/mol. The first-order valence-electron chi connectivity index (χ1n) is 10.4. The molecule has 9 heteroatoms. The number of carbonyl (C=O) groups is 2. The Labute approximate surface area is 207 Å². The van der Waals surface area contributed by atoms with E-state index < -0.39 is 21.8 Å². The smallest absolute Gasteiger partial charge is 0.341 e. The first-order valence-corrected chi connectivity index (χ1v) is 12.3. The summed E-state index contributed by atoms with van der Waals surface area (Å²) in [7, 11) is 1.34. The van der Waals surface area contributed by atoms with Gasteiger partial charge in [0.05, 0.1) is 12.7 Å². The lowest BCUT2D eigenvalue weighted by molar-refractivity contribution is 0.0600. The number of aryl methyl sites for hydroxylation is 1. The number of hydrogen-bond acceptors (Lipinski definition) is 5. The van der Waals surface area contributed by atoms with Crippen molar-refractivity contribution in [2.24, 2.45) is 0 Å². The number of fused-ring (bicyclic) bond motifs is 1. The summed E-state index contributed by atoms with van der Waals surface area (Å²) in [5.41, 5.74) is 2.95. The van der Waals surface area contributed by atoms with Crippen molar-refractivity contribution in [3.63, 3.8) is 0 Å². The van der Waals surface area contributed by atoms with Crippen molar-refractivity contribution in [3.8, 4) is 0 Å². The summed E-state index contributed by atoms with van der Waals surface area (Å²) in [6.07, 6.45) is 2.68. The van der Waals surface area contributed by atoms with Crippen molar-refractivity contribution in [2.75, 3.05) is 12.4 Å². The van der Waals surface area contributed by atoms with Gasteiger partial charge >= 0.3 is 5.97 Å². The minimum Gasteiger partial charge on any atom is -0.465 e.